The molecule has 19 heavy (non-hydrogen) atoms. The van der Waals surface area contributed by atoms with Crippen LogP contribution in [0.3, 0.4) is 0 Å². The zero-order chi connectivity index (χ0) is 14.0. The van der Waals surface area contributed by atoms with Gasteiger partial charge in [0.2, 0.25) is 0 Å². The number of alkyl halides is 3. The summed E-state index contributed by atoms with van der Waals surface area (Å²) in [5.41, 5.74) is -0.0616. The van der Waals surface area contributed by atoms with E-state index in [0.717, 1.165) is 18.9 Å². The molecule has 1 heterocycles. The fraction of sp³-hybridized carbons (Fsp3) is 0.417. The van der Waals surface area contributed by atoms with Gasteiger partial charge < -0.3 is 4.74 Å². The van der Waals surface area contributed by atoms with E-state index in [1.807, 2.05) is 6.92 Å². The minimum absolute atomic E-state index is 0.0616. The Morgan fingerprint density at radius 3 is 2.68 bits per heavy atom. The van der Waals surface area contributed by atoms with Crippen molar-refractivity contribution in [3.63, 3.8) is 0 Å². The average Bonchev–Trinajstić information content (AvgIpc) is 2.78. The van der Waals surface area contributed by atoms with E-state index in [-0.39, 0.29) is 16.0 Å². The first-order chi connectivity index (χ1) is 8.93. The lowest BCUT2D eigenvalue weighted by Gasteiger charge is -2.05. The van der Waals surface area contributed by atoms with Crippen molar-refractivity contribution in [2.45, 2.75) is 25.9 Å². The molecule has 0 aliphatic rings. The van der Waals surface area contributed by atoms with Crippen molar-refractivity contribution in [2.24, 2.45) is 0 Å². The number of hydrogen-bond donors (Lipinski definition) is 0. The minimum atomic E-state index is -4.57. The Morgan fingerprint density at radius 2 is 2.05 bits per heavy atom. The van der Waals surface area contributed by atoms with Gasteiger partial charge in [-0.05, 0) is 18.6 Å². The Labute approximate surface area is 111 Å². The SMILES string of the molecule is CCCCOc1ccc(F)c2sc(C(F)(F)F)nc12. The van der Waals surface area contributed by atoms with Gasteiger partial charge in [0.25, 0.3) is 0 Å². The molecular formula is C12H11F4NOS. The molecule has 0 aliphatic carbocycles. The molecule has 0 bridgehead atoms. The smallest absolute Gasteiger partial charge is 0.443 e. The second kappa shape index (κ2) is 5.32. The molecule has 1 aromatic carbocycles. The van der Waals surface area contributed by atoms with Crippen molar-refractivity contribution >= 4 is 21.6 Å². The van der Waals surface area contributed by atoms with E-state index in [0.29, 0.717) is 17.9 Å². The summed E-state index contributed by atoms with van der Waals surface area (Å²) in [5, 5.41) is -1.06. The van der Waals surface area contributed by atoms with Crippen LogP contribution in [0.4, 0.5) is 17.6 Å². The largest absolute Gasteiger partial charge is 0.491 e. The van der Waals surface area contributed by atoms with Gasteiger partial charge >= 0.3 is 6.18 Å². The summed E-state index contributed by atoms with van der Waals surface area (Å²) in [6.45, 7) is 2.34. The average molecular weight is 293 g/mol. The van der Waals surface area contributed by atoms with E-state index in [1.54, 1.807) is 0 Å². The highest BCUT2D eigenvalue weighted by molar-refractivity contribution is 7.18. The summed E-state index contributed by atoms with van der Waals surface area (Å²) in [7, 11) is 0. The van der Waals surface area contributed by atoms with Gasteiger partial charge in [0.15, 0.2) is 5.01 Å². The lowest BCUT2D eigenvalue weighted by molar-refractivity contribution is -0.137. The molecule has 2 rings (SSSR count). The standard InChI is InChI=1S/C12H11F4NOS/c1-2-3-6-18-8-5-4-7(13)10-9(8)17-11(19-10)12(14,15)16/h4-5H,2-3,6H2,1H3. The quantitative estimate of drug-likeness (QED) is 0.605. The molecule has 1 aromatic heterocycles. The molecule has 0 amide bonds. The first kappa shape index (κ1) is 14.0. The molecule has 0 aliphatic heterocycles. The van der Waals surface area contributed by atoms with Gasteiger partial charge in [0.1, 0.15) is 17.1 Å². The van der Waals surface area contributed by atoms with Crippen molar-refractivity contribution < 1.29 is 22.3 Å². The number of fused-ring (bicyclic) bond motifs is 1. The van der Waals surface area contributed by atoms with E-state index >= 15 is 0 Å². The van der Waals surface area contributed by atoms with Crippen molar-refractivity contribution in [1.29, 1.82) is 0 Å². The van der Waals surface area contributed by atoms with Gasteiger partial charge in [0.05, 0.1) is 11.3 Å². The number of nitrogens with zero attached hydrogens (tertiary/aromatic N) is 1. The van der Waals surface area contributed by atoms with E-state index in [1.165, 1.54) is 6.07 Å². The predicted molar refractivity (Wildman–Crippen MR) is 65.0 cm³/mol. The van der Waals surface area contributed by atoms with Gasteiger partial charge in [-0.15, -0.1) is 11.3 Å². The van der Waals surface area contributed by atoms with Crippen LogP contribution in [-0.2, 0) is 6.18 Å². The number of unbranched alkanes of at least 4 members (excludes halogenated alkanes) is 1. The third-order valence-corrected chi connectivity index (χ3v) is 3.57. The molecule has 0 radical (unpaired) electrons. The molecule has 0 unspecified atom stereocenters. The molecule has 0 saturated carbocycles. The molecule has 2 aromatic rings. The molecule has 0 spiro atoms. The van der Waals surface area contributed by atoms with Crippen LogP contribution in [0.1, 0.15) is 24.8 Å². The third-order valence-electron chi connectivity index (χ3n) is 2.46. The van der Waals surface area contributed by atoms with Crippen LogP contribution in [0.5, 0.6) is 5.75 Å². The number of aromatic nitrogens is 1. The normalized spacial score (nSPS) is 12.1. The molecule has 2 nitrogen and oxygen atoms in total. The maximum atomic E-state index is 13.5. The van der Waals surface area contributed by atoms with Crippen LogP contribution in [-0.4, -0.2) is 11.6 Å². The van der Waals surface area contributed by atoms with Crippen LogP contribution in [0.25, 0.3) is 10.2 Å². The molecule has 0 atom stereocenters. The Kier molecular flexibility index (Phi) is 3.93. The maximum absolute atomic E-state index is 13.5. The zero-order valence-corrected chi connectivity index (χ0v) is 10.9. The van der Waals surface area contributed by atoms with Crippen LogP contribution in [0, 0.1) is 5.82 Å². The number of ether oxygens (including phenoxy) is 1. The van der Waals surface area contributed by atoms with Gasteiger partial charge in [-0.3, -0.25) is 0 Å². The summed E-state index contributed by atoms with van der Waals surface area (Å²) in [4.78, 5) is 3.45. The maximum Gasteiger partial charge on any atom is 0.443 e. The van der Waals surface area contributed by atoms with E-state index < -0.39 is 17.0 Å². The Balaban J connectivity index is 2.43. The number of thiazole rings is 1. The lowest BCUT2D eigenvalue weighted by atomic mass is 10.3. The van der Waals surface area contributed by atoms with Crippen LogP contribution in [0.15, 0.2) is 12.1 Å². The number of halogens is 4. The van der Waals surface area contributed by atoms with Gasteiger partial charge in [-0.1, -0.05) is 13.3 Å². The minimum Gasteiger partial charge on any atom is -0.491 e. The summed E-state index contributed by atoms with van der Waals surface area (Å²) in [6.07, 6.45) is -2.90. The van der Waals surface area contributed by atoms with Crippen LogP contribution in [0.2, 0.25) is 0 Å². The topological polar surface area (TPSA) is 22.1 Å². The van der Waals surface area contributed by atoms with Crippen molar-refractivity contribution in [2.75, 3.05) is 6.61 Å². The highest BCUT2D eigenvalue weighted by Crippen LogP contribution is 2.39. The predicted octanol–water partition coefficient (Wildman–Crippen LogP) is 4.63. The molecule has 104 valence electrons. The van der Waals surface area contributed by atoms with Crippen molar-refractivity contribution in [3.05, 3.63) is 23.0 Å². The second-order valence-corrected chi connectivity index (χ2v) is 4.94. The molecule has 0 N–H and O–H groups in total. The van der Waals surface area contributed by atoms with Gasteiger partial charge in [-0.2, -0.15) is 13.2 Å². The summed E-state index contributed by atoms with van der Waals surface area (Å²) >= 11 is 0.293. The van der Waals surface area contributed by atoms with Crippen LogP contribution < -0.4 is 4.74 Å². The van der Waals surface area contributed by atoms with E-state index in [4.69, 9.17) is 4.74 Å². The third kappa shape index (κ3) is 2.97. The highest BCUT2D eigenvalue weighted by Gasteiger charge is 2.35. The second-order valence-electron chi connectivity index (χ2n) is 3.94. The molecule has 0 fully saturated rings. The Hall–Kier alpha value is -1.37. The monoisotopic (exact) mass is 293 g/mol. The fourth-order valence-corrected chi connectivity index (χ4v) is 2.37. The first-order valence-electron chi connectivity index (χ1n) is 5.72. The first-order valence-corrected chi connectivity index (χ1v) is 6.54. The van der Waals surface area contributed by atoms with Gasteiger partial charge in [0, 0.05) is 0 Å². The van der Waals surface area contributed by atoms with Gasteiger partial charge in [-0.25, -0.2) is 9.37 Å². The van der Waals surface area contributed by atoms with E-state index in [9.17, 15) is 17.6 Å². The van der Waals surface area contributed by atoms with E-state index in [2.05, 4.69) is 4.98 Å². The number of hydrogen-bond acceptors (Lipinski definition) is 3. The number of benzene rings is 1. The zero-order valence-electron chi connectivity index (χ0n) is 10.1. The highest BCUT2D eigenvalue weighted by atomic mass is 32.1. The number of rotatable bonds is 4. The molecule has 7 heteroatoms. The fourth-order valence-electron chi connectivity index (χ4n) is 1.52. The Morgan fingerprint density at radius 1 is 1.32 bits per heavy atom. The van der Waals surface area contributed by atoms with Crippen molar-refractivity contribution in [3.8, 4) is 5.75 Å². The van der Waals surface area contributed by atoms with Crippen LogP contribution >= 0.6 is 11.3 Å². The molecule has 0 saturated heterocycles. The van der Waals surface area contributed by atoms with Crippen molar-refractivity contribution in [1.82, 2.24) is 4.98 Å². The summed E-state index contributed by atoms with van der Waals surface area (Å²) in [6, 6.07) is 2.41. The summed E-state index contributed by atoms with van der Waals surface area (Å²) in [5.74, 6) is -0.526. The summed E-state index contributed by atoms with van der Waals surface area (Å²) < 4.78 is 56.5. The molecular weight excluding hydrogens is 282 g/mol. The lowest BCUT2D eigenvalue weighted by Crippen LogP contribution is -2.03. The Bertz CT molecular complexity index is 579.